The maximum absolute atomic E-state index is 13.7. The lowest BCUT2D eigenvalue weighted by atomic mass is 10.1. The van der Waals surface area contributed by atoms with Crippen LogP contribution in [0.3, 0.4) is 0 Å². The summed E-state index contributed by atoms with van der Waals surface area (Å²) in [4.78, 5) is 2.18. The highest BCUT2D eigenvalue weighted by molar-refractivity contribution is 6.30. The van der Waals surface area contributed by atoms with Gasteiger partial charge in [0.05, 0.1) is 5.02 Å². The molecule has 0 saturated carbocycles. The van der Waals surface area contributed by atoms with Crippen LogP contribution in [0.4, 0.5) is 4.39 Å². The van der Waals surface area contributed by atoms with Crippen LogP contribution in [0.1, 0.15) is 18.4 Å². The van der Waals surface area contributed by atoms with E-state index in [9.17, 15) is 4.39 Å². The van der Waals surface area contributed by atoms with Gasteiger partial charge in [-0.1, -0.05) is 23.7 Å². The van der Waals surface area contributed by atoms with Gasteiger partial charge >= 0.3 is 0 Å². The third kappa shape index (κ3) is 3.81. The van der Waals surface area contributed by atoms with Gasteiger partial charge in [0.25, 0.3) is 0 Å². The molecule has 2 nitrogen and oxygen atoms in total. The predicted octanol–water partition coefficient (Wildman–Crippen LogP) is 2.82. The first-order chi connectivity index (χ1) is 7.66. The van der Waals surface area contributed by atoms with Gasteiger partial charge in [-0.2, -0.15) is 0 Å². The van der Waals surface area contributed by atoms with E-state index in [4.69, 9.17) is 17.3 Å². The van der Waals surface area contributed by atoms with Crippen molar-refractivity contribution in [2.24, 2.45) is 5.73 Å². The lowest BCUT2D eigenvalue weighted by Crippen LogP contribution is -2.42. The molecular formula is C12H17Cl2FN2. The van der Waals surface area contributed by atoms with Crippen molar-refractivity contribution in [2.75, 3.05) is 13.1 Å². The van der Waals surface area contributed by atoms with Gasteiger partial charge in [0.15, 0.2) is 0 Å². The zero-order valence-electron chi connectivity index (χ0n) is 9.53. The van der Waals surface area contributed by atoms with Gasteiger partial charge in [-0.05, 0) is 25.5 Å². The molecule has 1 heterocycles. The van der Waals surface area contributed by atoms with E-state index >= 15 is 0 Å². The first-order valence-electron chi connectivity index (χ1n) is 5.57. The number of rotatable bonds is 2. The number of benzene rings is 1. The number of hydrogen-bond donors (Lipinski definition) is 1. The van der Waals surface area contributed by atoms with Gasteiger partial charge in [-0.3, -0.25) is 4.90 Å². The van der Waals surface area contributed by atoms with Gasteiger partial charge in [-0.25, -0.2) is 4.39 Å². The molecule has 17 heavy (non-hydrogen) atoms. The fourth-order valence-electron chi connectivity index (χ4n) is 2.15. The van der Waals surface area contributed by atoms with E-state index in [2.05, 4.69) is 4.90 Å². The van der Waals surface area contributed by atoms with Crippen LogP contribution in [0.15, 0.2) is 18.2 Å². The zero-order chi connectivity index (χ0) is 11.5. The van der Waals surface area contributed by atoms with Crippen LogP contribution < -0.4 is 5.73 Å². The second-order valence-corrected chi connectivity index (χ2v) is 4.76. The summed E-state index contributed by atoms with van der Waals surface area (Å²) >= 11 is 5.74. The second kappa shape index (κ2) is 6.55. The molecule has 1 fully saturated rings. The van der Waals surface area contributed by atoms with Crippen molar-refractivity contribution in [3.05, 3.63) is 34.6 Å². The number of halogens is 3. The van der Waals surface area contributed by atoms with Crippen LogP contribution in [0.2, 0.25) is 5.02 Å². The van der Waals surface area contributed by atoms with E-state index in [1.54, 1.807) is 18.2 Å². The highest BCUT2D eigenvalue weighted by Gasteiger charge is 2.18. The Labute approximate surface area is 112 Å². The summed E-state index contributed by atoms with van der Waals surface area (Å²) in [5, 5.41) is 0.193. The number of likely N-dealkylation sites (tertiary alicyclic amines) is 1. The second-order valence-electron chi connectivity index (χ2n) is 4.35. The van der Waals surface area contributed by atoms with E-state index in [0.717, 1.165) is 25.9 Å². The quantitative estimate of drug-likeness (QED) is 0.902. The number of nitrogens with two attached hydrogens (primary N) is 1. The highest BCUT2D eigenvalue weighted by atomic mass is 35.5. The maximum Gasteiger partial charge on any atom is 0.146 e. The molecule has 0 unspecified atom stereocenters. The molecular weight excluding hydrogens is 262 g/mol. The molecule has 1 atom stereocenters. The molecule has 1 aliphatic heterocycles. The Kier molecular flexibility index (Phi) is 5.67. The third-order valence-corrected chi connectivity index (χ3v) is 3.26. The van der Waals surface area contributed by atoms with Crippen LogP contribution in [-0.2, 0) is 6.54 Å². The van der Waals surface area contributed by atoms with E-state index < -0.39 is 0 Å². The smallest absolute Gasteiger partial charge is 0.146 e. The molecule has 2 rings (SSSR count). The topological polar surface area (TPSA) is 29.3 Å². The van der Waals surface area contributed by atoms with Gasteiger partial charge in [0, 0.05) is 24.7 Å². The number of hydrogen-bond acceptors (Lipinski definition) is 2. The monoisotopic (exact) mass is 278 g/mol. The molecule has 1 aromatic carbocycles. The average molecular weight is 279 g/mol. The molecule has 1 aromatic rings. The van der Waals surface area contributed by atoms with Crippen molar-refractivity contribution in [1.29, 1.82) is 0 Å². The largest absolute Gasteiger partial charge is 0.327 e. The Balaban J connectivity index is 0.00000144. The van der Waals surface area contributed by atoms with Gasteiger partial charge in [0.2, 0.25) is 0 Å². The lowest BCUT2D eigenvalue weighted by Gasteiger charge is -2.30. The van der Waals surface area contributed by atoms with Crippen molar-refractivity contribution < 1.29 is 4.39 Å². The van der Waals surface area contributed by atoms with E-state index in [1.807, 2.05) is 0 Å². The first-order valence-corrected chi connectivity index (χ1v) is 5.95. The van der Waals surface area contributed by atoms with Gasteiger partial charge in [-0.15, -0.1) is 12.4 Å². The van der Waals surface area contributed by atoms with Crippen LogP contribution in [-0.4, -0.2) is 24.0 Å². The van der Waals surface area contributed by atoms with E-state index in [1.165, 1.54) is 0 Å². The Morgan fingerprint density at radius 3 is 2.94 bits per heavy atom. The first kappa shape index (κ1) is 14.7. The number of piperidine rings is 1. The fraction of sp³-hybridized carbons (Fsp3) is 0.500. The summed E-state index contributed by atoms with van der Waals surface area (Å²) in [5.74, 6) is -0.302. The summed E-state index contributed by atoms with van der Waals surface area (Å²) in [6.45, 7) is 2.42. The third-order valence-electron chi connectivity index (χ3n) is 2.97. The molecule has 1 aliphatic rings. The summed E-state index contributed by atoms with van der Waals surface area (Å²) in [5.41, 5.74) is 6.54. The van der Waals surface area contributed by atoms with Crippen molar-refractivity contribution in [2.45, 2.75) is 25.4 Å². The SMILES string of the molecule is Cl.N[C@@H]1CCCN(Cc2cccc(Cl)c2F)C1. The lowest BCUT2D eigenvalue weighted by molar-refractivity contribution is 0.199. The van der Waals surface area contributed by atoms with Crippen LogP contribution in [0.25, 0.3) is 0 Å². The van der Waals surface area contributed by atoms with Crippen molar-refractivity contribution in [1.82, 2.24) is 4.90 Å². The molecule has 2 N–H and O–H groups in total. The summed E-state index contributed by atoms with van der Waals surface area (Å²) in [6.07, 6.45) is 2.15. The Morgan fingerprint density at radius 1 is 1.47 bits per heavy atom. The van der Waals surface area contributed by atoms with Crippen molar-refractivity contribution in [3.63, 3.8) is 0 Å². The molecule has 0 radical (unpaired) electrons. The van der Waals surface area contributed by atoms with E-state index in [-0.39, 0.29) is 29.3 Å². The predicted molar refractivity (Wildman–Crippen MR) is 71.1 cm³/mol. The number of nitrogens with zero attached hydrogens (tertiary/aromatic N) is 1. The Morgan fingerprint density at radius 2 is 2.24 bits per heavy atom. The molecule has 0 aromatic heterocycles. The van der Waals surface area contributed by atoms with Crippen LogP contribution in [0, 0.1) is 5.82 Å². The fourth-order valence-corrected chi connectivity index (χ4v) is 2.34. The molecule has 0 aliphatic carbocycles. The zero-order valence-corrected chi connectivity index (χ0v) is 11.1. The standard InChI is InChI=1S/C12H16ClFN2.ClH/c13-11-5-1-3-9(12(11)14)7-16-6-2-4-10(15)8-16;/h1,3,5,10H,2,4,6-8,15H2;1H/t10-;/m1./s1. The normalized spacial score (nSPS) is 21.0. The maximum atomic E-state index is 13.7. The van der Waals surface area contributed by atoms with Crippen molar-refractivity contribution >= 4 is 24.0 Å². The molecule has 0 amide bonds. The van der Waals surface area contributed by atoms with Crippen molar-refractivity contribution in [3.8, 4) is 0 Å². The highest BCUT2D eigenvalue weighted by Crippen LogP contribution is 2.20. The Bertz CT molecular complexity index is 374. The molecule has 1 saturated heterocycles. The van der Waals surface area contributed by atoms with Gasteiger partial charge in [0.1, 0.15) is 5.82 Å². The van der Waals surface area contributed by atoms with E-state index in [0.29, 0.717) is 12.1 Å². The van der Waals surface area contributed by atoms with Crippen LogP contribution in [0.5, 0.6) is 0 Å². The minimum Gasteiger partial charge on any atom is -0.327 e. The molecule has 96 valence electrons. The Hall–Kier alpha value is -0.350. The summed E-state index contributed by atoms with van der Waals surface area (Å²) in [7, 11) is 0. The van der Waals surface area contributed by atoms with Crippen LogP contribution >= 0.6 is 24.0 Å². The summed E-state index contributed by atoms with van der Waals surface area (Å²) in [6, 6.07) is 5.35. The molecule has 0 bridgehead atoms. The minimum atomic E-state index is -0.302. The summed E-state index contributed by atoms with van der Waals surface area (Å²) < 4.78 is 13.7. The molecule has 5 heteroatoms. The minimum absolute atomic E-state index is 0. The average Bonchev–Trinajstić information content (AvgIpc) is 2.25. The van der Waals surface area contributed by atoms with Gasteiger partial charge < -0.3 is 5.73 Å². The molecule has 0 spiro atoms.